The highest BCUT2D eigenvalue weighted by Gasteiger charge is 2.19. The van der Waals surface area contributed by atoms with Gasteiger partial charge in [-0.1, -0.05) is 28.1 Å². The van der Waals surface area contributed by atoms with Crippen molar-refractivity contribution in [3.63, 3.8) is 0 Å². The zero-order valence-corrected chi connectivity index (χ0v) is 16.1. The summed E-state index contributed by atoms with van der Waals surface area (Å²) in [7, 11) is -4.03. The molecule has 0 bridgehead atoms. The van der Waals surface area contributed by atoms with Gasteiger partial charge in [0.1, 0.15) is 22.3 Å². The van der Waals surface area contributed by atoms with Crippen molar-refractivity contribution >= 4 is 26.0 Å². The highest BCUT2D eigenvalue weighted by Crippen LogP contribution is 2.21. The fourth-order valence-corrected chi connectivity index (χ4v) is 3.80. The third-order valence-corrected chi connectivity index (χ3v) is 5.37. The maximum absolute atomic E-state index is 13.8. The smallest absolute Gasteiger partial charge is 0.243 e. The minimum absolute atomic E-state index is 0.0818. The summed E-state index contributed by atoms with van der Waals surface area (Å²) >= 11 is 3.12. The van der Waals surface area contributed by atoms with Gasteiger partial charge in [-0.2, -0.15) is 0 Å². The van der Waals surface area contributed by atoms with E-state index in [9.17, 15) is 17.2 Å². The predicted octanol–water partition coefficient (Wildman–Crippen LogP) is 4.39. The molecular weight excluding hydrogens is 442 g/mol. The van der Waals surface area contributed by atoms with Crippen LogP contribution in [0, 0.1) is 11.6 Å². The van der Waals surface area contributed by atoms with E-state index >= 15 is 0 Å². The minimum atomic E-state index is -4.03. The van der Waals surface area contributed by atoms with Gasteiger partial charge in [0.25, 0.3) is 0 Å². The summed E-state index contributed by atoms with van der Waals surface area (Å²) in [4.78, 5) is 3.60. The SMILES string of the molecule is O=S(=O)(NCc1ccc(Oc2cccc(F)c2)nc1)c1cc(Br)ccc1F. The second-order valence-corrected chi connectivity index (χ2v) is 8.11. The maximum atomic E-state index is 13.8. The molecule has 3 aromatic rings. The van der Waals surface area contributed by atoms with Crippen LogP contribution in [0.1, 0.15) is 5.56 Å². The first-order valence-corrected chi connectivity index (χ1v) is 9.94. The summed E-state index contributed by atoms with van der Waals surface area (Å²) < 4.78 is 59.6. The van der Waals surface area contributed by atoms with Crippen molar-refractivity contribution < 1.29 is 21.9 Å². The van der Waals surface area contributed by atoms with Crippen LogP contribution in [-0.2, 0) is 16.6 Å². The Kier molecular flexibility index (Phi) is 5.83. The van der Waals surface area contributed by atoms with E-state index in [0.717, 1.165) is 6.07 Å². The van der Waals surface area contributed by atoms with Crippen LogP contribution in [0.2, 0.25) is 0 Å². The molecule has 0 atom stereocenters. The van der Waals surface area contributed by atoms with Crippen LogP contribution in [0.4, 0.5) is 8.78 Å². The maximum Gasteiger partial charge on any atom is 0.243 e. The molecule has 0 radical (unpaired) electrons. The van der Waals surface area contributed by atoms with Crippen molar-refractivity contribution in [1.29, 1.82) is 0 Å². The van der Waals surface area contributed by atoms with Crippen molar-refractivity contribution in [2.24, 2.45) is 0 Å². The fraction of sp³-hybridized carbons (Fsp3) is 0.0556. The van der Waals surface area contributed by atoms with Crippen molar-refractivity contribution in [1.82, 2.24) is 9.71 Å². The molecule has 0 amide bonds. The van der Waals surface area contributed by atoms with E-state index in [-0.39, 0.29) is 12.4 Å². The first-order chi connectivity index (χ1) is 12.8. The van der Waals surface area contributed by atoms with E-state index in [1.54, 1.807) is 12.1 Å². The van der Waals surface area contributed by atoms with E-state index in [0.29, 0.717) is 15.8 Å². The third-order valence-electron chi connectivity index (χ3n) is 3.47. The number of aromatic nitrogens is 1. The molecule has 0 fully saturated rings. The van der Waals surface area contributed by atoms with Crippen LogP contribution >= 0.6 is 15.9 Å². The molecule has 0 unspecified atom stereocenters. The van der Waals surface area contributed by atoms with Gasteiger partial charge in [-0.25, -0.2) is 26.9 Å². The van der Waals surface area contributed by atoms with Gasteiger partial charge in [0.2, 0.25) is 15.9 Å². The van der Waals surface area contributed by atoms with Crippen LogP contribution in [0.25, 0.3) is 0 Å². The Morgan fingerprint density at radius 1 is 1.07 bits per heavy atom. The normalized spacial score (nSPS) is 11.4. The Bertz CT molecular complexity index is 1060. The molecule has 0 aliphatic heterocycles. The van der Waals surface area contributed by atoms with Gasteiger partial charge in [0, 0.05) is 29.3 Å². The fourth-order valence-electron chi connectivity index (χ4n) is 2.17. The summed E-state index contributed by atoms with van der Waals surface area (Å²) in [6.45, 7) is -0.0818. The van der Waals surface area contributed by atoms with Crippen molar-refractivity contribution in [2.45, 2.75) is 11.4 Å². The van der Waals surface area contributed by atoms with E-state index in [2.05, 4.69) is 25.6 Å². The Balaban J connectivity index is 1.67. The molecule has 0 aliphatic carbocycles. The van der Waals surface area contributed by atoms with Gasteiger partial charge < -0.3 is 4.74 Å². The van der Waals surface area contributed by atoms with E-state index < -0.39 is 26.6 Å². The lowest BCUT2D eigenvalue weighted by Crippen LogP contribution is -2.24. The minimum Gasteiger partial charge on any atom is -0.439 e. The van der Waals surface area contributed by atoms with Gasteiger partial charge in [-0.05, 0) is 35.9 Å². The Morgan fingerprint density at radius 3 is 2.59 bits per heavy atom. The Hall–Kier alpha value is -2.36. The largest absolute Gasteiger partial charge is 0.439 e. The lowest BCUT2D eigenvalue weighted by molar-refractivity contribution is 0.457. The lowest BCUT2D eigenvalue weighted by Gasteiger charge is -2.09. The average molecular weight is 455 g/mol. The molecule has 5 nitrogen and oxygen atoms in total. The number of ether oxygens (including phenoxy) is 1. The van der Waals surface area contributed by atoms with Crippen molar-refractivity contribution in [3.05, 3.63) is 82.5 Å². The number of rotatable bonds is 6. The number of nitrogens with zero attached hydrogens (tertiary/aromatic N) is 1. The molecule has 1 aromatic heterocycles. The van der Waals surface area contributed by atoms with Crippen molar-refractivity contribution in [2.75, 3.05) is 0 Å². The number of halogens is 3. The molecule has 27 heavy (non-hydrogen) atoms. The highest BCUT2D eigenvalue weighted by atomic mass is 79.9. The van der Waals surface area contributed by atoms with Crippen molar-refractivity contribution in [3.8, 4) is 11.6 Å². The summed E-state index contributed by atoms with van der Waals surface area (Å²) in [6.07, 6.45) is 1.41. The first-order valence-electron chi connectivity index (χ1n) is 7.66. The van der Waals surface area contributed by atoms with E-state index in [1.165, 1.54) is 42.6 Å². The zero-order valence-electron chi connectivity index (χ0n) is 13.7. The summed E-state index contributed by atoms with van der Waals surface area (Å²) in [5, 5.41) is 0. The second-order valence-electron chi connectivity index (χ2n) is 5.46. The molecule has 2 aromatic carbocycles. The van der Waals surface area contributed by atoms with Crippen LogP contribution in [0.5, 0.6) is 11.6 Å². The zero-order chi connectivity index (χ0) is 19.4. The number of benzene rings is 2. The lowest BCUT2D eigenvalue weighted by atomic mass is 10.3. The first kappa shape index (κ1) is 19.4. The quantitative estimate of drug-likeness (QED) is 0.599. The number of sulfonamides is 1. The Labute approximate surface area is 163 Å². The second kappa shape index (κ2) is 8.12. The monoisotopic (exact) mass is 454 g/mol. The number of pyridine rings is 1. The van der Waals surface area contributed by atoms with Crippen LogP contribution in [0.15, 0.2) is 70.2 Å². The number of hydrogen-bond acceptors (Lipinski definition) is 4. The van der Waals surface area contributed by atoms with E-state index in [4.69, 9.17) is 4.74 Å². The topological polar surface area (TPSA) is 68.3 Å². The van der Waals surface area contributed by atoms with Gasteiger partial charge in [-0.15, -0.1) is 0 Å². The van der Waals surface area contributed by atoms with Gasteiger partial charge in [0.05, 0.1) is 0 Å². The molecule has 0 spiro atoms. The molecule has 0 saturated carbocycles. The summed E-state index contributed by atoms with van der Waals surface area (Å²) in [5.41, 5.74) is 0.542. The van der Waals surface area contributed by atoms with Crippen LogP contribution < -0.4 is 9.46 Å². The number of nitrogens with one attached hydrogen (secondary N) is 1. The predicted molar refractivity (Wildman–Crippen MR) is 98.8 cm³/mol. The standard InChI is InChI=1S/C18H13BrF2N2O3S/c19-13-5-6-16(21)17(8-13)27(24,25)23-11-12-4-7-18(22-10-12)26-15-3-1-2-14(20)9-15/h1-10,23H,11H2. The highest BCUT2D eigenvalue weighted by molar-refractivity contribution is 9.10. The Morgan fingerprint density at radius 2 is 1.89 bits per heavy atom. The van der Waals surface area contributed by atoms with Gasteiger partial charge in [-0.3, -0.25) is 0 Å². The van der Waals surface area contributed by atoms with Crippen LogP contribution in [0.3, 0.4) is 0 Å². The molecule has 1 N–H and O–H groups in total. The summed E-state index contributed by atoms with van der Waals surface area (Å²) in [5.74, 6) is -0.757. The van der Waals surface area contributed by atoms with Gasteiger partial charge in [0.15, 0.2) is 0 Å². The van der Waals surface area contributed by atoms with E-state index in [1.807, 2.05) is 0 Å². The molecule has 0 saturated heterocycles. The number of hydrogen-bond donors (Lipinski definition) is 1. The molecule has 3 rings (SSSR count). The molecular formula is C18H13BrF2N2O3S. The average Bonchev–Trinajstić information content (AvgIpc) is 2.63. The third kappa shape index (κ3) is 5.09. The summed E-state index contributed by atoms with van der Waals surface area (Å²) in [6, 6.07) is 12.4. The molecule has 140 valence electrons. The van der Waals surface area contributed by atoms with Crippen LogP contribution in [-0.4, -0.2) is 13.4 Å². The van der Waals surface area contributed by atoms with Gasteiger partial charge >= 0.3 is 0 Å². The molecule has 0 aliphatic rings. The molecule has 9 heteroatoms. The molecule has 1 heterocycles.